The molecule has 1 aromatic carbocycles. The van der Waals surface area contributed by atoms with Gasteiger partial charge in [-0.05, 0) is 12.1 Å². The molecule has 4 nitrogen and oxygen atoms in total. The molecule has 13 heavy (non-hydrogen) atoms. The normalized spacial score (nSPS) is 9.38. The Morgan fingerprint density at radius 3 is 2.77 bits per heavy atom. The van der Waals surface area contributed by atoms with Gasteiger partial charge in [0.25, 0.3) is 0 Å². The first-order valence-corrected chi connectivity index (χ1v) is 3.67. The van der Waals surface area contributed by atoms with E-state index in [0.717, 1.165) is 6.07 Å². The largest absolute Gasteiger partial charge is 0.464 e. The number of carboxylic acid groups (broad SMARTS) is 1. The minimum atomic E-state index is -1.25. The summed E-state index contributed by atoms with van der Waals surface area (Å²) in [6.45, 7) is 0. The van der Waals surface area contributed by atoms with Gasteiger partial charge >= 0.3 is 6.09 Å². The summed E-state index contributed by atoms with van der Waals surface area (Å²) in [5.41, 5.74) is 4.41. The van der Waals surface area contributed by atoms with Crippen LogP contribution < -0.4 is 10.9 Å². The number of nitrogens with one attached hydrogen (secondary N) is 2. The van der Waals surface area contributed by atoms with Gasteiger partial charge in [0.1, 0.15) is 5.82 Å². The van der Waals surface area contributed by atoms with Crippen LogP contribution in [0.3, 0.4) is 0 Å². The highest BCUT2D eigenvalue weighted by molar-refractivity contribution is 6.30. The molecule has 0 aliphatic carbocycles. The Kier molecular flexibility index (Phi) is 2.92. The van der Waals surface area contributed by atoms with E-state index in [1.165, 1.54) is 12.1 Å². The van der Waals surface area contributed by atoms with Crippen LogP contribution in [-0.2, 0) is 0 Å². The second kappa shape index (κ2) is 3.95. The summed E-state index contributed by atoms with van der Waals surface area (Å²) in [7, 11) is 0. The summed E-state index contributed by atoms with van der Waals surface area (Å²) in [5, 5.41) is 8.19. The Morgan fingerprint density at radius 2 is 2.23 bits per heavy atom. The number of hydrazine groups is 1. The van der Waals surface area contributed by atoms with E-state index in [0.29, 0.717) is 0 Å². The first-order valence-electron chi connectivity index (χ1n) is 3.29. The van der Waals surface area contributed by atoms with Crippen molar-refractivity contribution in [1.29, 1.82) is 0 Å². The van der Waals surface area contributed by atoms with E-state index in [-0.39, 0.29) is 10.7 Å². The predicted molar refractivity (Wildman–Crippen MR) is 46.2 cm³/mol. The van der Waals surface area contributed by atoms with E-state index in [9.17, 15) is 9.18 Å². The predicted octanol–water partition coefficient (Wildman–Crippen LogP) is 2.07. The van der Waals surface area contributed by atoms with Gasteiger partial charge in [-0.1, -0.05) is 11.6 Å². The Labute approximate surface area is 78.3 Å². The number of rotatable bonds is 2. The molecule has 3 N–H and O–H groups in total. The van der Waals surface area contributed by atoms with E-state index in [4.69, 9.17) is 16.7 Å². The van der Waals surface area contributed by atoms with Crippen molar-refractivity contribution in [3.63, 3.8) is 0 Å². The fraction of sp³-hybridized carbons (Fsp3) is 0. The number of amides is 1. The van der Waals surface area contributed by atoms with Gasteiger partial charge in [-0.15, -0.1) is 0 Å². The van der Waals surface area contributed by atoms with Crippen molar-refractivity contribution < 1.29 is 14.3 Å². The summed E-state index contributed by atoms with van der Waals surface area (Å²) in [4.78, 5) is 10.0. The summed E-state index contributed by atoms with van der Waals surface area (Å²) in [6, 6.07) is 3.85. The van der Waals surface area contributed by atoms with Crippen LogP contribution in [0.15, 0.2) is 18.2 Å². The van der Waals surface area contributed by atoms with Gasteiger partial charge in [0, 0.05) is 6.07 Å². The number of halogens is 2. The average Bonchev–Trinajstić information content (AvgIpc) is 2.07. The van der Waals surface area contributed by atoms with Crippen LogP contribution in [0.1, 0.15) is 0 Å². The highest BCUT2D eigenvalue weighted by atomic mass is 35.5. The molecule has 0 aliphatic heterocycles. The molecule has 0 aliphatic rings. The second-order valence-electron chi connectivity index (χ2n) is 2.18. The van der Waals surface area contributed by atoms with Crippen molar-refractivity contribution in [2.24, 2.45) is 0 Å². The van der Waals surface area contributed by atoms with Gasteiger partial charge in [-0.25, -0.2) is 14.6 Å². The lowest BCUT2D eigenvalue weighted by molar-refractivity contribution is 0.197. The quantitative estimate of drug-likeness (QED) is 0.647. The number of hydrogen-bond acceptors (Lipinski definition) is 2. The van der Waals surface area contributed by atoms with E-state index in [1.54, 1.807) is 0 Å². The molecule has 1 rings (SSSR count). The Balaban J connectivity index is 2.68. The first-order chi connectivity index (χ1) is 6.09. The molecular weight excluding hydrogens is 199 g/mol. The minimum Gasteiger partial charge on any atom is -0.464 e. The number of carbonyl (C=O) groups is 1. The third-order valence-electron chi connectivity index (χ3n) is 1.23. The molecule has 0 aromatic heterocycles. The highest BCUT2D eigenvalue weighted by Gasteiger charge is 2.00. The summed E-state index contributed by atoms with van der Waals surface area (Å²) < 4.78 is 12.8. The standard InChI is InChI=1S/C7H6ClFN2O2/c8-5-2-1-4(3-6(5)9)10-11-7(12)13/h1-3,10-11H,(H,12,13). The van der Waals surface area contributed by atoms with Crippen molar-refractivity contribution in [2.75, 3.05) is 5.43 Å². The molecule has 0 saturated heterocycles. The molecule has 0 bridgehead atoms. The first kappa shape index (κ1) is 9.60. The lowest BCUT2D eigenvalue weighted by Crippen LogP contribution is -2.27. The van der Waals surface area contributed by atoms with E-state index < -0.39 is 11.9 Å². The van der Waals surface area contributed by atoms with Crippen molar-refractivity contribution >= 4 is 23.4 Å². The summed E-state index contributed by atoms with van der Waals surface area (Å²) >= 11 is 5.40. The van der Waals surface area contributed by atoms with Crippen LogP contribution in [0.2, 0.25) is 5.02 Å². The zero-order chi connectivity index (χ0) is 9.84. The highest BCUT2D eigenvalue weighted by Crippen LogP contribution is 2.17. The third kappa shape index (κ3) is 2.79. The molecular formula is C7H6ClFN2O2. The van der Waals surface area contributed by atoms with Gasteiger partial charge in [0.2, 0.25) is 0 Å². The van der Waals surface area contributed by atoms with Crippen LogP contribution in [-0.4, -0.2) is 11.2 Å². The zero-order valence-corrected chi connectivity index (χ0v) is 7.10. The molecule has 70 valence electrons. The fourth-order valence-corrected chi connectivity index (χ4v) is 0.817. The monoisotopic (exact) mass is 204 g/mol. The second-order valence-corrected chi connectivity index (χ2v) is 2.59. The van der Waals surface area contributed by atoms with Crippen LogP contribution >= 0.6 is 11.6 Å². The SMILES string of the molecule is O=C(O)NNc1ccc(Cl)c(F)c1. The van der Waals surface area contributed by atoms with Gasteiger partial charge in [-0.3, -0.25) is 5.43 Å². The van der Waals surface area contributed by atoms with Gasteiger partial charge in [0.05, 0.1) is 10.7 Å². The molecule has 1 amide bonds. The minimum absolute atomic E-state index is 0.0131. The average molecular weight is 205 g/mol. The Bertz CT molecular complexity index is 332. The molecule has 0 fully saturated rings. The Hall–Kier alpha value is -1.49. The maximum atomic E-state index is 12.8. The van der Waals surface area contributed by atoms with Gasteiger partial charge in [0.15, 0.2) is 0 Å². The molecule has 0 heterocycles. The van der Waals surface area contributed by atoms with E-state index >= 15 is 0 Å². The molecule has 0 saturated carbocycles. The van der Waals surface area contributed by atoms with Crippen LogP contribution in [0.25, 0.3) is 0 Å². The summed E-state index contributed by atoms with van der Waals surface area (Å²) in [5.74, 6) is -0.612. The van der Waals surface area contributed by atoms with E-state index in [1.807, 2.05) is 5.43 Å². The van der Waals surface area contributed by atoms with Gasteiger partial charge in [-0.2, -0.15) is 0 Å². The fourth-order valence-electron chi connectivity index (χ4n) is 0.700. The maximum absolute atomic E-state index is 12.8. The third-order valence-corrected chi connectivity index (χ3v) is 1.54. The van der Waals surface area contributed by atoms with Crippen molar-refractivity contribution in [3.8, 4) is 0 Å². The van der Waals surface area contributed by atoms with Crippen LogP contribution in [0.5, 0.6) is 0 Å². The van der Waals surface area contributed by atoms with Crippen LogP contribution in [0.4, 0.5) is 14.9 Å². The smallest absolute Gasteiger partial charge is 0.423 e. The van der Waals surface area contributed by atoms with Gasteiger partial charge < -0.3 is 5.11 Å². The molecule has 1 aromatic rings. The molecule has 6 heteroatoms. The van der Waals surface area contributed by atoms with E-state index in [2.05, 4.69) is 5.43 Å². The number of benzene rings is 1. The van der Waals surface area contributed by atoms with Crippen LogP contribution in [0, 0.1) is 5.82 Å². The number of anilines is 1. The summed E-state index contributed by atoms with van der Waals surface area (Å²) in [6.07, 6.45) is -1.25. The van der Waals surface area contributed by atoms with Crippen molar-refractivity contribution in [3.05, 3.63) is 29.0 Å². The molecule has 0 atom stereocenters. The zero-order valence-electron chi connectivity index (χ0n) is 6.34. The topological polar surface area (TPSA) is 61.4 Å². The molecule has 0 radical (unpaired) electrons. The molecule has 0 spiro atoms. The maximum Gasteiger partial charge on any atom is 0.423 e. The van der Waals surface area contributed by atoms with Crippen molar-refractivity contribution in [2.45, 2.75) is 0 Å². The molecule has 0 unspecified atom stereocenters. The number of hydrogen-bond donors (Lipinski definition) is 3. The van der Waals surface area contributed by atoms with Crippen molar-refractivity contribution in [1.82, 2.24) is 5.43 Å². The Morgan fingerprint density at radius 1 is 1.54 bits per heavy atom. The lowest BCUT2D eigenvalue weighted by Gasteiger charge is -2.05. The lowest BCUT2D eigenvalue weighted by atomic mass is 10.3.